The maximum Gasteiger partial charge on any atom is 0.348 e. The van der Waals surface area contributed by atoms with Crippen LogP contribution in [-0.2, 0) is 0 Å². The van der Waals surface area contributed by atoms with Gasteiger partial charge in [0, 0.05) is 6.07 Å². The first-order valence-corrected chi connectivity index (χ1v) is 5.64. The van der Waals surface area contributed by atoms with Crippen LogP contribution in [0, 0.1) is 5.82 Å². The normalized spacial score (nSPS) is 11.8. The minimum Gasteiger partial charge on any atom is -0.247 e. The van der Waals surface area contributed by atoms with E-state index in [1.54, 1.807) is 6.07 Å². The van der Waals surface area contributed by atoms with Gasteiger partial charge in [0.1, 0.15) is 5.82 Å². The Morgan fingerprint density at radius 2 is 2.17 bits per heavy atom. The number of hydrogen-bond acceptors (Lipinski definition) is 3. The Morgan fingerprint density at radius 3 is 2.89 bits per heavy atom. The van der Waals surface area contributed by atoms with Gasteiger partial charge in [0.05, 0.1) is 16.7 Å². The first kappa shape index (κ1) is 10.9. The third-order valence-electron chi connectivity index (χ3n) is 2.87. The summed E-state index contributed by atoms with van der Waals surface area (Å²) >= 11 is 0. The van der Waals surface area contributed by atoms with E-state index in [4.69, 9.17) is 0 Å². The third kappa shape index (κ3) is 1.42. The monoisotopic (exact) mass is 246 g/mol. The van der Waals surface area contributed by atoms with Crippen molar-refractivity contribution in [1.29, 1.82) is 0 Å². The van der Waals surface area contributed by atoms with Gasteiger partial charge in [0.15, 0.2) is 5.65 Å². The smallest absolute Gasteiger partial charge is 0.247 e. The number of halogens is 1. The van der Waals surface area contributed by atoms with Gasteiger partial charge >= 0.3 is 5.69 Å². The fourth-order valence-corrected chi connectivity index (χ4v) is 2.03. The van der Waals surface area contributed by atoms with Gasteiger partial charge in [-0.2, -0.15) is 5.10 Å². The van der Waals surface area contributed by atoms with E-state index in [9.17, 15) is 9.18 Å². The average Bonchev–Trinajstić information content (AvgIpc) is 2.71. The molecule has 92 valence electrons. The Kier molecular flexibility index (Phi) is 2.19. The molecule has 0 aliphatic rings. The number of aromatic nitrogens is 4. The highest BCUT2D eigenvalue weighted by Crippen LogP contribution is 2.21. The zero-order chi connectivity index (χ0) is 12.9. The zero-order valence-electron chi connectivity index (χ0n) is 9.94. The summed E-state index contributed by atoms with van der Waals surface area (Å²) in [7, 11) is 0. The first-order valence-electron chi connectivity index (χ1n) is 5.64. The van der Waals surface area contributed by atoms with Crippen molar-refractivity contribution < 1.29 is 4.39 Å². The molecule has 2 heterocycles. The molecule has 3 aromatic rings. The van der Waals surface area contributed by atoms with Crippen molar-refractivity contribution in [2.75, 3.05) is 0 Å². The molecule has 0 bridgehead atoms. The van der Waals surface area contributed by atoms with E-state index in [1.807, 2.05) is 13.8 Å². The minimum absolute atomic E-state index is 0.122. The van der Waals surface area contributed by atoms with Crippen LogP contribution >= 0.6 is 0 Å². The summed E-state index contributed by atoms with van der Waals surface area (Å²) in [5, 5.41) is 6.34. The second kappa shape index (κ2) is 3.63. The Morgan fingerprint density at radius 1 is 1.39 bits per heavy atom. The minimum atomic E-state index is -0.406. The van der Waals surface area contributed by atoms with E-state index in [-0.39, 0.29) is 11.6 Å². The van der Waals surface area contributed by atoms with Gasteiger partial charge in [0.2, 0.25) is 0 Å². The number of nitrogens with one attached hydrogen (secondary N) is 1. The average molecular weight is 246 g/mol. The number of H-pyrrole nitrogens is 1. The molecule has 0 aliphatic carbocycles. The molecular formula is C12H11FN4O. The molecule has 3 rings (SSSR count). The van der Waals surface area contributed by atoms with Crippen molar-refractivity contribution in [2.24, 2.45) is 0 Å². The summed E-state index contributed by atoms with van der Waals surface area (Å²) in [6.45, 7) is 3.94. The highest BCUT2D eigenvalue weighted by atomic mass is 19.1. The van der Waals surface area contributed by atoms with Crippen molar-refractivity contribution in [3.63, 3.8) is 0 Å². The molecule has 0 fully saturated rings. The Hall–Kier alpha value is -2.24. The third-order valence-corrected chi connectivity index (χ3v) is 2.87. The molecule has 0 saturated carbocycles. The molecule has 1 aromatic carbocycles. The number of fused-ring (bicyclic) bond motifs is 3. The standard InChI is InChI=1S/C12H11FN4O/c1-6(2)10-11-15-16-12(18)17(11)9-5-7(13)3-4-8(9)14-10/h3-6H,1-2H3,(H,16,18). The van der Waals surface area contributed by atoms with E-state index in [0.717, 1.165) is 0 Å². The Bertz CT molecular complexity index is 803. The van der Waals surface area contributed by atoms with Crippen molar-refractivity contribution in [3.05, 3.63) is 40.2 Å². The van der Waals surface area contributed by atoms with Crippen molar-refractivity contribution >= 4 is 16.7 Å². The summed E-state index contributed by atoms with van der Waals surface area (Å²) in [4.78, 5) is 16.2. The van der Waals surface area contributed by atoms with Crippen molar-refractivity contribution in [1.82, 2.24) is 19.6 Å². The lowest BCUT2D eigenvalue weighted by molar-refractivity contribution is 0.629. The van der Waals surface area contributed by atoms with Crippen LogP contribution < -0.4 is 5.69 Å². The lowest BCUT2D eigenvalue weighted by atomic mass is 10.1. The maximum absolute atomic E-state index is 13.3. The molecule has 0 radical (unpaired) electrons. The lowest BCUT2D eigenvalue weighted by Crippen LogP contribution is -2.12. The molecule has 0 atom stereocenters. The van der Waals surface area contributed by atoms with Crippen LogP contribution in [0.4, 0.5) is 4.39 Å². The summed E-state index contributed by atoms with van der Waals surface area (Å²) in [6.07, 6.45) is 0. The maximum atomic E-state index is 13.3. The molecule has 2 aromatic heterocycles. The van der Waals surface area contributed by atoms with Gasteiger partial charge in [-0.15, -0.1) is 0 Å². The van der Waals surface area contributed by atoms with E-state index in [0.29, 0.717) is 22.4 Å². The van der Waals surface area contributed by atoms with Gasteiger partial charge < -0.3 is 0 Å². The number of rotatable bonds is 1. The summed E-state index contributed by atoms with van der Waals surface area (Å²) in [5.74, 6) is -0.284. The highest BCUT2D eigenvalue weighted by molar-refractivity contribution is 5.78. The summed E-state index contributed by atoms with van der Waals surface area (Å²) < 4.78 is 14.6. The molecule has 6 heteroatoms. The molecule has 1 N–H and O–H groups in total. The molecule has 5 nitrogen and oxygen atoms in total. The molecule has 0 unspecified atom stereocenters. The quantitative estimate of drug-likeness (QED) is 0.712. The van der Waals surface area contributed by atoms with E-state index >= 15 is 0 Å². The van der Waals surface area contributed by atoms with Gasteiger partial charge in [0.25, 0.3) is 0 Å². The molecule has 0 spiro atoms. The molecule has 0 aliphatic heterocycles. The van der Waals surface area contributed by atoms with Crippen LogP contribution in [0.5, 0.6) is 0 Å². The SMILES string of the molecule is CC(C)c1nc2ccc(F)cc2n2c(=O)[nH]nc12. The largest absolute Gasteiger partial charge is 0.348 e. The number of aromatic amines is 1. The first-order chi connectivity index (χ1) is 8.58. The second-order valence-corrected chi connectivity index (χ2v) is 4.47. The zero-order valence-corrected chi connectivity index (χ0v) is 9.94. The van der Waals surface area contributed by atoms with Crippen molar-refractivity contribution in [3.8, 4) is 0 Å². The van der Waals surface area contributed by atoms with Crippen LogP contribution in [0.25, 0.3) is 16.7 Å². The van der Waals surface area contributed by atoms with Gasteiger partial charge in [-0.3, -0.25) is 0 Å². The molecule has 0 amide bonds. The van der Waals surface area contributed by atoms with Crippen LogP contribution in [0.2, 0.25) is 0 Å². The number of nitrogens with zero attached hydrogens (tertiary/aromatic N) is 3. The predicted octanol–water partition coefficient (Wildman–Crippen LogP) is 1.83. The fraction of sp³-hybridized carbons (Fsp3) is 0.250. The Labute approximate surface area is 101 Å². The van der Waals surface area contributed by atoms with Crippen LogP contribution in [-0.4, -0.2) is 19.6 Å². The highest BCUT2D eigenvalue weighted by Gasteiger charge is 2.15. The van der Waals surface area contributed by atoms with Gasteiger partial charge in [-0.05, 0) is 18.1 Å². The Balaban J connectivity index is 2.60. The molecular weight excluding hydrogens is 235 g/mol. The molecule has 0 saturated heterocycles. The summed E-state index contributed by atoms with van der Waals surface area (Å²) in [5.41, 5.74) is 1.79. The lowest BCUT2D eigenvalue weighted by Gasteiger charge is -2.08. The number of benzene rings is 1. The molecule has 18 heavy (non-hydrogen) atoms. The summed E-state index contributed by atoms with van der Waals surface area (Å²) in [6, 6.07) is 4.18. The van der Waals surface area contributed by atoms with Crippen molar-refractivity contribution in [2.45, 2.75) is 19.8 Å². The van der Waals surface area contributed by atoms with E-state index in [2.05, 4.69) is 15.2 Å². The van der Waals surface area contributed by atoms with Crippen LogP contribution in [0.1, 0.15) is 25.5 Å². The topological polar surface area (TPSA) is 63.1 Å². The van der Waals surface area contributed by atoms with Crippen LogP contribution in [0.3, 0.4) is 0 Å². The van der Waals surface area contributed by atoms with Gasteiger partial charge in [-0.25, -0.2) is 23.7 Å². The van der Waals surface area contributed by atoms with Crippen LogP contribution in [0.15, 0.2) is 23.0 Å². The predicted molar refractivity (Wildman–Crippen MR) is 65.2 cm³/mol. The van der Waals surface area contributed by atoms with E-state index in [1.165, 1.54) is 16.5 Å². The number of hydrogen-bond donors (Lipinski definition) is 1. The second-order valence-electron chi connectivity index (χ2n) is 4.47. The van der Waals surface area contributed by atoms with E-state index < -0.39 is 5.82 Å². The fourth-order valence-electron chi connectivity index (χ4n) is 2.03. The van der Waals surface area contributed by atoms with Gasteiger partial charge in [-0.1, -0.05) is 13.8 Å².